The predicted octanol–water partition coefficient (Wildman–Crippen LogP) is 5.08. The Bertz CT molecular complexity index is 1010. The molecular weight excluding hydrogens is 448 g/mol. The van der Waals surface area contributed by atoms with Crippen molar-refractivity contribution in [1.29, 1.82) is 0 Å². The Hall–Kier alpha value is -2.54. The van der Waals surface area contributed by atoms with Crippen LogP contribution in [-0.2, 0) is 16.0 Å². The van der Waals surface area contributed by atoms with Gasteiger partial charge in [0, 0.05) is 22.9 Å². The molecule has 1 aliphatic heterocycles. The zero-order chi connectivity index (χ0) is 24.3. The fourth-order valence-corrected chi connectivity index (χ4v) is 5.97. The number of hydrogen-bond acceptors (Lipinski definition) is 5. The Morgan fingerprint density at radius 2 is 1.82 bits per heavy atom. The van der Waals surface area contributed by atoms with Gasteiger partial charge in [-0.1, -0.05) is 25.0 Å². The molecule has 2 aromatic rings. The highest BCUT2D eigenvalue weighted by Crippen LogP contribution is 2.36. The molecule has 2 amide bonds. The third-order valence-corrected chi connectivity index (χ3v) is 7.95. The number of carbonyl (C=O) groups excluding carboxylic acids is 2. The smallest absolute Gasteiger partial charge is 0.242 e. The maximum atomic E-state index is 13.7. The van der Waals surface area contributed by atoms with Crippen LogP contribution in [0.1, 0.15) is 62.9 Å². The topological polar surface area (TPSA) is 59.1 Å². The van der Waals surface area contributed by atoms with Gasteiger partial charge < -0.3 is 19.3 Å². The van der Waals surface area contributed by atoms with E-state index < -0.39 is 5.54 Å². The number of ether oxygens (including phenoxy) is 2. The lowest BCUT2D eigenvalue weighted by atomic mass is 9.98. The highest BCUT2D eigenvalue weighted by Gasteiger charge is 2.38. The fraction of sp³-hybridized carbons (Fsp3) is 0.556. The Morgan fingerprint density at radius 1 is 1.12 bits per heavy atom. The Kier molecular flexibility index (Phi) is 7.51. The second-order valence-corrected chi connectivity index (χ2v) is 11.2. The van der Waals surface area contributed by atoms with Gasteiger partial charge >= 0.3 is 0 Å². The molecule has 0 bridgehead atoms. The number of rotatable bonds is 7. The summed E-state index contributed by atoms with van der Waals surface area (Å²) in [4.78, 5) is 32.1. The van der Waals surface area contributed by atoms with E-state index in [2.05, 4.69) is 11.4 Å². The van der Waals surface area contributed by atoms with Gasteiger partial charge in [0.05, 0.1) is 13.2 Å². The molecule has 184 valence electrons. The molecule has 1 fully saturated rings. The first-order valence-corrected chi connectivity index (χ1v) is 13.1. The van der Waals surface area contributed by atoms with Gasteiger partial charge in [-0.15, -0.1) is 11.3 Å². The van der Waals surface area contributed by atoms with E-state index in [-0.39, 0.29) is 30.3 Å². The highest BCUT2D eigenvalue weighted by molar-refractivity contribution is 7.10. The number of methoxy groups -OCH3 is 1. The molecule has 1 aliphatic carbocycles. The van der Waals surface area contributed by atoms with E-state index in [0.29, 0.717) is 24.7 Å². The van der Waals surface area contributed by atoms with Crippen molar-refractivity contribution in [3.63, 3.8) is 0 Å². The van der Waals surface area contributed by atoms with Crippen molar-refractivity contribution in [3.05, 3.63) is 46.2 Å². The lowest BCUT2D eigenvalue weighted by Crippen LogP contribution is -2.54. The van der Waals surface area contributed by atoms with E-state index in [1.807, 2.05) is 49.9 Å². The lowest BCUT2D eigenvalue weighted by molar-refractivity contribution is -0.149. The van der Waals surface area contributed by atoms with Gasteiger partial charge in [-0.05, 0) is 69.2 Å². The monoisotopic (exact) mass is 484 g/mol. The third kappa shape index (κ3) is 5.24. The fourth-order valence-electron chi connectivity index (χ4n) is 5.05. The van der Waals surface area contributed by atoms with E-state index in [1.54, 1.807) is 23.3 Å². The normalized spacial score (nSPS) is 18.5. The van der Waals surface area contributed by atoms with Gasteiger partial charge in [0.2, 0.25) is 11.8 Å². The first-order valence-electron chi connectivity index (χ1n) is 12.2. The summed E-state index contributed by atoms with van der Waals surface area (Å²) in [6, 6.07) is 9.46. The van der Waals surface area contributed by atoms with Crippen molar-refractivity contribution in [3.8, 4) is 11.5 Å². The van der Waals surface area contributed by atoms with E-state index in [4.69, 9.17) is 9.47 Å². The quantitative estimate of drug-likeness (QED) is 0.550. The molecule has 1 saturated carbocycles. The summed E-state index contributed by atoms with van der Waals surface area (Å²) < 4.78 is 11.6. The van der Waals surface area contributed by atoms with Crippen molar-refractivity contribution < 1.29 is 19.1 Å². The average molecular weight is 485 g/mol. The largest absolute Gasteiger partial charge is 0.493 e. The molecule has 6 nitrogen and oxygen atoms in total. The Labute approximate surface area is 206 Å². The van der Waals surface area contributed by atoms with Crippen LogP contribution in [0.3, 0.4) is 0 Å². The summed E-state index contributed by atoms with van der Waals surface area (Å²) in [7, 11) is 1.62. The first-order chi connectivity index (χ1) is 16.3. The first kappa shape index (κ1) is 24.6. The number of carbonyl (C=O) groups is 2. The van der Waals surface area contributed by atoms with Gasteiger partial charge in [-0.2, -0.15) is 0 Å². The summed E-state index contributed by atoms with van der Waals surface area (Å²) in [5.74, 6) is 1.47. The van der Waals surface area contributed by atoms with Crippen LogP contribution in [0, 0.1) is 5.92 Å². The van der Waals surface area contributed by atoms with Crippen LogP contribution in [-0.4, -0.2) is 54.0 Å². The van der Waals surface area contributed by atoms with Crippen LogP contribution in [0.25, 0.3) is 0 Å². The van der Waals surface area contributed by atoms with Gasteiger partial charge in [0.15, 0.2) is 11.5 Å². The van der Waals surface area contributed by atoms with Crippen LogP contribution < -0.4 is 9.47 Å². The van der Waals surface area contributed by atoms with E-state index in [9.17, 15) is 9.59 Å². The zero-order valence-electron chi connectivity index (χ0n) is 20.7. The number of nitrogens with zero attached hydrogens (tertiary/aromatic N) is 2. The second kappa shape index (κ2) is 10.4. The van der Waals surface area contributed by atoms with Crippen LogP contribution in [0.4, 0.5) is 0 Å². The van der Waals surface area contributed by atoms with Crippen molar-refractivity contribution >= 4 is 23.2 Å². The lowest BCUT2D eigenvalue weighted by Gasteiger charge is -2.41. The number of thiophene rings is 1. The third-order valence-electron chi connectivity index (χ3n) is 6.95. The number of benzene rings is 1. The molecule has 1 aromatic carbocycles. The Balaban J connectivity index is 1.54. The molecule has 34 heavy (non-hydrogen) atoms. The predicted molar refractivity (Wildman–Crippen MR) is 134 cm³/mol. The number of hydrogen-bond donors (Lipinski definition) is 0. The van der Waals surface area contributed by atoms with Crippen LogP contribution >= 0.6 is 11.3 Å². The number of para-hydroxylation sites is 2. The van der Waals surface area contributed by atoms with Gasteiger partial charge in [0.1, 0.15) is 13.2 Å². The SMILES string of the molecule is COc1ccccc1OC[C@H]1c2ccsc2CCN1C(=O)CN(C(=O)C1CCCC1)C(C)(C)C. The molecule has 2 heterocycles. The standard InChI is InChI=1S/C27H36N2O4S/c1-27(2,3)29(26(31)19-9-5-6-10-19)17-25(30)28-15-13-24-20(14-16-34-24)21(28)18-33-23-12-8-7-11-22(23)32-4/h7-8,11-12,14,16,19,21H,5-6,9-10,13,15,17-18H2,1-4H3/t21-/m0/s1. The molecule has 1 atom stereocenters. The maximum absolute atomic E-state index is 13.7. The average Bonchev–Trinajstić information content (AvgIpc) is 3.52. The van der Waals surface area contributed by atoms with Crippen LogP contribution in [0.5, 0.6) is 11.5 Å². The summed E-state index contributed by atoms with van der Waals surface area (Å²) in [5, 5.41) is 2.08. The second-order valence-electron chi connectivity index (χ2n) is 10.2. The summed E-state index contributed by atoms with van der Waals surface area (Å²) in [6.07, 6.45) is 4.87. The van der Waals surface area contributed by atoms with Crippen LogP contribution in [0.2, 0.25) is 0 Å². The highest BCUT2D eigenvalue weighted by atomic mass is 32.1. The molecule has 0 spiro atoms. The van der Waals surface area contributed by atoms with Gasteiger partial charge in [0.25, 0.3) is 0 Å². The Morgan fingerprint density at radius 3 is 2.50 bits per heavy atom. The minimum absolute atomic E-state index is 0.0215. The molecule has 0 N–H and O–H groups in total. The molecule has 0 saturated heterocycles. The summed E-state index contributed by atoms with van der Waals surface area (Å²) >= 11 is 1.73. The minimum Gasteiger partial charge on any atom is -0.493 e. The van der Waals surface area contributed by atoms with Crippen molar-refractivity contribution in [1.82, 2.24) is 9.80 Å². The summed E-state index contributed by atoms with van der Waals surface area (Å²) in [5.41, 5.74) is 0.728. The van der Waals surface area contributed by atoms with E-state index in [0.717, 1.165) is 37.7 Å². The molecule has 1 aromatic heterocycles. The maximum Gasteiger partial charge on any atom is 0.242 e. The van der Waals surface area contributed by atoms with E-state index >= 15 is 0 Å². The molecule has 7 heteroatoms. The van der Waals surface area contributed by atoms with Gasteiger partial charge in [-0.3, -0.25) is 9.59 Å². The minimum atomic E-state index is -0.415. The van der Waals surface area contributed by atoms with Gasteiger partial charge in [-0.25, -0.2) is 0 Å². The van der Waals surface area contributed by atoms with Crippen LogP contribution in [0.15, 0.2) is 35.7 Å². The molecule has 4 rings (SSSR count). The van der Waals surface area contributed by atoms with Crippen molar-refractivity contribution in [2.75, 3.05) is 26.8 Å². The molecule has 0 radical (unpaired) electrons. The number of fused-ring (bicyclic) bond motifs is 1. The van der Waals surface area contributed by atoms with Crippen molar-refractivity contribution in [2.45, 2.75) is 64.5 Å². The molecule has 2 aliphatic rings. The van der Waals surface area contributed by atoms with Crippen molar-refractivity contribution in [2.24, 2.45) is 5.92 Å². The number of amides is 2. The molecular formula is C27H36N2O4S. The van der Waals surface area contributed by atoms with E-state index in [1.165, 1.54) is 4.88 Å². The molecule has 0 unspecified atom stereocenters. The summed E-state index contributed by atoms with van der Waals surface area (Å²) in [6.45, 7) is 7.11. The zero-order valence-corrected chi connectivity index (χ0v) is 21.5.